The molecule has 0 aliphatic rings. The smallest absolute Gasteiger partial charge is 0.259 e. The topological polar surface area (TPSA) is 106 Å². The second-order valence-electron chi connectivity index (χ2n) is 6.29. The van der Waals surface area contributed by atoms with E-state index in [1.54, 1.807) is 25.3 Å². The van der Waals surface area contributed by atoms with Crippen LogP contribution in [0.15, 0.2) is 28.1 Å². The maximum atomic E-state index is 12.3. The van der Waals surface area contributed by atoms with Crippen LogP contribution in [0.25, 0.3) is 10.2 Å². The van der Waals surface area contributed by atoms with Crippen LogP contribution in [-0.2, 0) is 11.2 Å². The molecule has 9 heteroatoms. The van der Waals surface area contributed by atoms with Crippen LogP contribution >= 0.6 is 11.3 Å². The van der Waals surface area contributed by atoms with E-state index in [0.717, 1.165) is 16.0 Å². The third kappa shape index (κ3) is 4.62. The van der Waals surface area contributed by atoms with Crippen LogP contribution in [0.3, 0.4) is 0 Å². The first kappa shape index (κ1) is 20.5. The van der Waals surface area contributed by atoms with Gasteiger partial charge in [0.1, 0.15) is 10.7 Å². The summed E-state index contributed by atoms with van der Waals surface area (Å²) in [6.07, 6.45) is 1.43. The highest BCUT2D eigenvalue weighted by molar-refractivity contribution is 7.18. The fourth-order valence-electron chi connectivity index (χ4n) is 2.80. The molecule has 3 aromatic rings. The highest BCUT2D eigenvalue weighted by Crippen LogP contribution is 2.27. The van der Waals surface area contributed by atoms with Gasteiger partial charge in [0.25, 0.3) is 5.56 Å². The number of thiophene rings is 1. The Hall–Kier alpha value is -3.20. The number of benzene rings is 1. The zero-order chi connectivity index (χ0) is 21.0. The summed E-state index contributed by atoms with van der Waals surface area (Å²) in [6, 6.07) is 5.33. The lowest BCUT2D eigenvalue weighted by molar-refractivity contribution is -0.120. The van der Waals surface area contributed by atoms with Crippen molar-refractivity contribution in [3.05, 3.63) is 50.4 Å². The number of ether oxygens (including phenoxy) is 2. The first-order chi connectivity index (χ1) is 13.9. The maximum Gasteiger partial charge on any atom is 0.259 e. The molecule has 0 saturated carbocycles. The Morgan fingerprint density at radius 1 is 1.34 bits per heavy atom. The molecular formula is C20H22N4O4S. The fourth-order valence-corrected chi connectivity index (χ4v) is 3.84. The Morgan fingerprint density at radius 2 is 2.14 bits per heavy atom. The molecule has 0 aliphatic carbocycles. The molecule has 0 atom stereocenters. The van der Waals surface area contributed by atoms with Crippen LogP contribution in [0.2, 0.25) is 0 Å². The van der Waals surface area contributed by atoms with Gasteiger partial charge in [-0.05, 0) is 50.1 Å². The number of carbonyl (C=O) groups excluding carboxylic acids is 1. The minimum Gasteiger partial charge on any atom is -0.493 e. The third-order valence-electron chi connectivity index (χ3n) is 4.31. The van der Waals surface area contributed by atoms with Crippen molar-refractivity contribution in [3.63, 3.8) is 0 Å². The van der Waals surface area contributed by atoms with Gasteiger partial charge in [0.15, 0.2) is 11.5 Å². The van der Waals surface area contributed by atoms with Crippen molar-refractivity contribution in [3.8, 4) is 11.5 Å². The second-order valence-corrected chi connectivity index (χ2v) is 7.49. The zero-order valence-electron chi connectivity index (χ0n) is 16.7. The SMILES string of the molecule is CCOc1cc(/C=N/NC(=O)Cc2nc3sc(C)c(C)c3c(=O)[nH]2)ccc1OC. The highest BCUT2D eigenvalue weighted by atomic mass is 32.1. The van der Waals surface area contributed by atoms with Gasteiger partial charge in [-0.2, -0.15) is 5.10 Å². The average molecular weight is 414 g/mol. The average Bonchev–Trinajstić information content (AvgIpc) is 2.96. The van der Waals surface area contributed by atoms with Gasteiger partial charge in [0.05, 0.1) is 31.7 Å². The molecule has 0 saturated heterocycles. The van der Waals surface area contributed by atoms with Gasteiger partial charge < -0.3 is 14.5 Å². The van der Waals surface area contributed by atoms with Crippen LogP contribution in [0.5, 0.6) is 11.5 Å². The van der Waals surface area contributed by atoms with Crippen molar-refractivity contribution in [1.29, 1.82) is 0 Å². The Kier molecular flexibility index (Phi) is 6.28. The van der Waals surface area contributed by atoms with Gasteiger partial charge in [0, 0.05) is 4.88 Å². The number of aryl methyl sites for hydroxylation is 2. The number of aromatic nitrogens is 2. The molecule has 3 rings (SSSR count). The van der Waals surface area contributed by atoms with Crippen molar-refractivity contribution in [2.24, 2.45) is 5.10 Å². The predicted octanol–water partition coefficient (Wildman–Crippen LogP) is 2.70. The Morgan fingerprint density at radius 3 is 2.86 bits per heavy atom. The molecule has 0 radical (unpaired) electrons. The van der Waals surface area contributed by atoms with Crippen LogP contribution < -0.4 is 20.5 Å². The van der Waals surface area contributed by atoms with Crippen molar-refractivity contribution in [1.82, 2.24) is 15.4 Å². The van der Waals surface area contributed by atoms with Crippen molar-refractivity contribution in [2.75, 3.05) is 13.7 Å². The van der Waals surface area contributed by atoms with E-state index >= 15 is 0 Å². The molecule has 0 spiro atoms. The van der Waals surface area contributed by atoms with Crippen LogP contribution in [0.4, 0.5) is 0 Å². The van der Waals surface area contributed by atoms with Gasteiger partial charge in [-0.25, -0.2) is 10.4 Å². The van der Waals surface area contributed by atoms with E-state index in [-0.39, 0.29) is 17.9 Å². The standard InChI is InChI=1S/C20H22N4O4S/c1-5-28-15-8-13(6-7-14(15)27-4)10-21-24-17(25)9-16-22-19(26)18-11(2)12(3)29-20(18)23-16/h6-8,10H,5,9H2,1-4H3,(H,24,25)(H,22,23,26)/b21-10+. The number of aromatic amines is 1. The van der Waals surface area contributed by atoms with Gasteiger partial charge in [0.2, 0.25) is 5.91 Å². The van der Waals surface area contributed by atoms with E-state index in [4.69, 9.17) is 9.47 Å². The lowest BCUT2D eigenvalue weighted by atomic mass is 10.2. The molecule has 29 heavy (non-hydrogen) atoms. The quantitative estimate of drug-likeness (QED) is 0.457. The lowest BCUT2D eigenvalue weighted by Gasteiger charge is -2.09. The molecule has 2 N–H and O–H groups in total. The van der Waals surface area contributed by atoms with E-state index < -0.39 is 0 Å². The summed E-state index contributed by atoms with van der Waals surface area (Å²) in [5.41, 5.74) is 3.88. The Labute approximate surface area is 171 Å². The third-order valence-corrected chi connectivity index (χ3v) is 5.41. The molecule has 0 fully saturated rings. The molecule has 0 bridgehead atoms. The number of hydrogen-bond acceptors (Lipinski definition) is 7. The minimum absolute atomic E-state index is 0.0781. The minimum atomic E-state index is -0.382. The summed E-state index contributed by atoms with van der Waals surface area (Å²) in [5, 5.41) is 4.54. The number of amides is 1. The molecule has 0 aliphatic heterocycles. The van der Waals surface area contributed by atoms with Gasteiger partial charge in [-0.1, -0.05) is 0 Å². The summed E-state index contributed by atoms with van der Waals surface area (Å²) in [5.74, 6) is 1.14. The predicted molar refractivity (Wildman–Crippen MR) is 113 cm³/mol. The van der Waals surface area contributed by atoms with Crippen molar-refractivity contribution in [2.45, 2.75) is 27.2 Å². The van der Waals surface area contributed by atoms with E-state index in [0.29, 0.717) is 34.1 Å². The molecule has 2 heterocycles. The van der Waals surface area contributed by atoms with Crippen LogP contribution in [-0.4, -0.2) is 35.8 Å². The van der Waals surface area contributed by atoms with Gasteiger partial charge >= 0.3 is 0 Å². The first-order valence-corrected chi connectivity index (χ1v) is 9.86. The fraction of sp³-hybridized carbons (Fsp3) is 0.300. The number of H-pyrrole nitrogens is 1. The van der Waals surface area contributed by atoms with Gasteiger partial charge in [-0.15, -0.1) is 11.3 Å². The normalized spacial score (nSPS) is 11.2. The molecule has 8 nitrogen and oxygen atoms in total. The maximum absolute atomic E-state index is 12.3. The van der Waals surface area contributed by atoms with E-state index in [9.17, 15) is 9.59 Å². The monoisotopic (exact) mass is 414 g/mol. The number of methoxy groups -OCH3 is 1. The Bertz CT molecular complexity index is 1130. The molecule has 1 amide bonds. The number of nitrogens with one attached hydrogen (secondary N) is 2. The van der Waals surface area contributed by atoms with Crippen LogP contribution in [0, 0.1) is 13.8 Å². The van der Waals surface area contributed by atoms with E-state index in [2.05, 4.69) is 20.5 Å². The number of fused-ring (bicyclic) bond motifs is 1. The molecule has 2 aromatic heterocycles. The first-order valence-electron chi connectivity index (χ1n) is 9.04. The Balaban J connectivity index is 1.68. The van der Waals surface area contributed by atoms with E-state index in [1.165, 1.54) is 17.6 Å². The highest BCUT2D eigenvalue weighted by Gasteiger charge is 2.13. The van der Waals surface area contributed by atoms with Crippen molar-refractivity contribution >= 4 is 33.7 Å². The number of hydrogen-bond donors (Lipinski definition) is 2. The number of rotatable bonds is 7. The number of hydrazone groups is 1. The summed E-state index contributed by atoms with van der Waals surface area (Å²) in [7, 11) is 1.57. The summed E-state index contributed by atoms with van der Waals surface area (Å²) < 4.78 is 10.8. The van der Waals surface area contributed by atoms with Gasteiger partial charge in [-0.3, -0.25) is 9.59 Å². The number of nitrogens with zero attached hydrogens (tertiary/aromatic N) is 2. The molecular weight excluding hydrogens is 392 g/mol. The molecule has 1 aromatic carbocycles. The second kappa shape index (κ2) is 8.87. The lowest BCUT2D eigenvalue weighted by Crippen LogP contribution is -2.23. The van der Waals surface area contributed by atoms with Crippen LogP contribution in [0.1, 0.15) is 28.8 Å². The summed E-state index contributed by atoms with van der Waals surface area (Å²) in [4.78, 5) is 33.2. The molecule has 152 valence electrons. The van der Waals surface area contributed by atoms with E-state index in [1.807, 2.05) is 20.8 Å². The summed E-state index contributed by atoms with van der Waals surface area (Å²) >= 11 is 1.44. The largest absolute Gasteiger partial charge is 0.493 e. The molecule has 0 unspecified atom stereocenters. The zero-order valence-corrected chi connectivity index (χ0v) is 17.5. The summed E-state index contributed by atoms with van der Waals surface area (Å²) in [6.45, 7) is 6.22. The number of carbonyl (C=O) groups is 1. The van der Waals surface area contributed by atoms with Crippen molar-refractivity contribution < 1.29 is 14.3 Å².